The minimum absolute atomic E-state index is 0.145. The summed E-state index contributed by atoms with van der Waals surface area (Å²) in [7, 11) is 0. The van der Waals surface area contributed by atoms with E-state index in [1.54, 1.807) is 24.3 Å². The molecule has 162 valence electrons. The molecule has 2 aromatic rings. The zero-order chi connectivity index (χ0) is 23.7. The van der Waals surface area contributed by atoms with Crippen LogP contribution in [0.1, 0.15) is 31.1 Å². The van der Waals surface area contributed by atoms with E-state index in [0.29, 0.717) is 5.69 Å². The molecule has 0 saturated carbocycles. The maximum atomic E-state index is 12.5. The van der Waals surface area contributed by atoms with E-state index in [-0.39, 0.29) is 28.0 Å². The first-order valence-electron chi connectivity index (χ1n) is 9.21. The van der Waals surface area contributed by atoms with Gasteiger partial charge in [-0.2, -0.15) is 0 Å². The van der Waals surface area contributed by atoms with Gasteiger partial charge in [0.1, 0.15) is 0 Å². The van der Waals surface area contributed by atoms with Crippen molar-refractivity contribution in [1.29, 1.82) is 0 Å². The molecule has 0 heterocycles. The number of carboxylic acid groups (broad SMARTS) is 2. The number of allylic oxidation sites excluding steroid dienone is 4. The van der Waals surface area contributed by atoms with Crippen LogP contribution in [0.4, 0.5) is 11.4 Å². The van der Waals surface area contributed by atoms with Crippen LogP contribution in [-0.4, -0.2) is 34.0 Å². The molecule has 2 rings (SSSR count). The van der Waals surface area contributed by atoms with E-state index >= 15 is 0 Å². The number of aromatic carboxylic acids is 2. The predicted molar refractivity (Wildman–Crippen MR) is 121 cm³/mol. The van der Waals surface area contributed by atoms with Crippen LogP contribution in [0.2, 0.25) is 0 Å². The van der Waals surface area contributed by atoms with Crippen LogP contribution >= 0.6 is 0 Å². The van der Waals surface area contributed by atoms with Gasteiger partial charge in [-0.05, 0) is 42.5 Å². The Bertz CT molecular complexity index is 1140. The van der Waals surface area contributed by atoms with E-state index in [1.165, 1.54) is 30.3 Å². The number of carbonyl (C=O) groups is 4. The smallest absolute Gasteiger partial charge is 0.337 e. The monoisotopic (exact) mass is 432 g/mol. The summed E-state index contributed by atoms with van der Waals surface area (Å²) in [6.45, 7) is 7.20. The Morgan fingerprint density at radius 2 is 1.47 bits per heavy atom. The number of rotatable bonds is 9. The molecule has 0 fully saturated rings. The van der Waals surface area contributed by atoms with E-state index in [1.807, 2.05) is 0 Å². The second-order valence-electron chi connectivity index (χ2n) is 6.36. The largest absolute Gasteiger partial charge is 0.478 e. The average Bonchev–Trinajstić information content (AvgIpc) is 2.76. The second-order valence-corrected chi connectivity index (χ2v) is 6.36. The molecule has 0 atom stereocenters. The van der Waals surface area contributed by atoms with Gasteiger partial charge in [0.05, 0.1) is 16.8 Å². The number of hydrogen-bond acceptors (Lipinski definition) is 4. The molecular weight excluding hydrogens is 412 g/mol. The van der Waals surface area contributed by atoms with Crippen LogP contribution < -0.4 is 10.6 Å². The Kier molecular flexibility index (Phi) is 8.01. The Morgan fingerprint density at radius 1 is 0.812 bits per heavy atom. The molecule has 8 nitrogen and oxygen atoms in total. The second kappa shape index (κ2) is 10.9. The number of benzene rings is 2. The SMILES string of the molecule is C=C/C=C\C=C/C(=C)C(=O)Nc1ccc(C(=O)Nc2cc(C(=O)O)ccc2C(=O)O)cc1. The zero-order valence-corrected chi connectivity index (χ0v) is 16.9. The normalized spacial score (nSPS) is 10.6. The van der Waals surface area contributed by atoms with Gasteiger partial charge in [0.2, 0.25) is 0 Å². The highest BCUT2D eigenvalue weighted by Gasteiger charge is 2.16. The first-order valence-corrected chi connectivity index (χ1v) is 9.21. The average molecular weight is 432 g/mol. The maximum Gasteiger partial charge on any atom is 0.337 e. The zero-order valence-electron chi connectivity index (χ0n) is 16.9. The van der Waals surface area contributed by atoms with Crippen LogP contribution in [0, 0.1) is 0 Å². The molecule has 2 aromatic carbocycles. The number of nitrogens with one attached hydrogen (secondary N) is 2. The lowest BCUT2D eigenvalue weighted by molar-refractivity contribution is -0.112. The van der Waals surface area contributed by atoms with Crippen molar-refractivity contribution in [3.8, 4) is 0 Å². The van der Waals surface area contributed by atoms with Gasteiger partial charge in [-0.3, -0.25) is 9.59 Å². The van der Waals surface area contributed by atoms with Crippen molar-refractivity contribution in [3.63, 3.8) is 0 Å². The lowest BCUT2D eigenvalue weighted by atomic mass is 10.1. The lowest BCUT2D eigenvalue weighted by Gasteiger charge is -2.10. The van der Waals surface area contributed by atoms with Crippen LogP contribution in [0.15, 0.2) is 91.6 Å². The number of carbonyl (C=O) groups excluding carboxylic acids is 2. The molecule has 0 saturated heterocycles. The summed E-state index contributed by atoms with van der Waals surface area (Å²) in [5.41, 5.74) is 0.253. The third-order valence-corrected chi connectivity index (χ3v) is 4.10. The van der Waals surface area contributed by atoms with E-state index in [0.717, 1.165) is 18.2 Å². The van der Waals surface area contributed by atoms with E-state index in [4.69, 9.17) is 5.11 Å². The molecule has 4 N–H and O–H groups in total. The van der Waals surface area contributed by atoms with E-state index in [2.05, 4.69) is 23.8 Å². The summed E-state index contributed by atoms with van der Waals surface area (Å²) < 4.78 is 0. The Morgan fingerprint density at radius 3 is 2.06 bits per heavy atom. The molecule has 0 radical (unpaired) electrons. The van der Waals surface area contributed by atoms with Crippen molar-refractivity contribution in [2.75, 3.05) is 10.6 Å². The van der Waals surface area contributed by atoms with Crippen molar-refractivity contribution in [1.82, 2.24) is 0 Å². The molecule has 0 aliphatic carbocycles. The van der Waals surface area contributed by atoms with Crippen molar-refractivity contribution in [2.24, 2.45) is 0 Å². The Labute approximate surface area is 183 Å². The molecule has 2 amide bonds. The van der Waals surface area contributed by atoms with Crippen molar-refractivity contribution in [3.05, 3.63) is 108 Å². The van der Waals surface area contributed by atoms with Gasteiger partial charge in [-0.25, -0.2) is 9.59 Å². The van der Waals surface area contributed by atoms with Crippen molar-refractivity contribution < 1.29 is 29.4 Å². The van der Waals surface area contributed by atoms with Gasteiger partial charge in [-0.1, -0.05) is 43.5 Å². The summed E-state index contributed by atoms with van der Waals surface area (Å²) in [4.78, 5) is 47.1. The van der Waals surface area contributed by atoms with Crippen molar-refractivity contribution >= 4 is 35.1 Å². The molecular formula is C24H20N2O6. The van der Waals surface area contributed by atoms with Crippen LogP contribution in [0.5, 0.6) is 0 Å². The molecule has 0 unspecified atom stereocenters. The molecule has 32 heavy (non-hydrogen) atoms. The third kappa shape index (κ3) is 6.39. The van der Waals surface area contributed by atoms with Gasteiger partial charge >= 0.3 is 11.9 Å². The molecule has 0 aliphatic rings. The van der Waals surface area contributed by atoms with Crippen LogP contribution in [0.25, 0.3) is 0 Å². The van der Waals surface area contributed by atoms with Gasteiger partial charge in [0, 0.05) is 16.8 Å². The first kappa shape index (κ1) is 23.6. The van der Waals surface area contributed by atoms with E-state index in [9.17, 15) is 24.3 Å². The number of amides is 2. The number of carboxylic acids is 2. The summed E-state index contributed by atoms with van der Waals surface area (Å²) in [6, 6.07) is 9.16. The minimum atomic E-state index is -1.32. The van der Waals surface area contributed by atoms with Crippen LogP contribution in [-0.2, 0) is 4.79 Å². The van der Waals surface area contributed by atoms with Gasteiger partial charge in [0.25, 0.3) is 11.8 Å². The molecule has 0 spiro atoms. The fourth-order valence-corrected chi connectivity index (χ4v) is 2.47. The molecule has 0 bridgehead atoms. The van der Waals surface area contributed by atoms with Gasteiger partial charge < -0.3 is 20.8 Å². The molecule has 0 aliphatic heterocycles. The number of hydrogen-bond donors (Lipinski definition) is 4. The van der Waals surface area contributed by atoms with E-state index < -0.39 is 23.8 Å². The maximum absolute atomic E-state index is 12.5. The molecule has 0 aromatic heterocycles. The highest BCUT2D eigenvalue weighted by Crippen LogP contribution is 2.20. The summed E-state index contributed by atoms with van der Waals surface area (Å²) >= 11 is 0. The first-order chi connectivity index (χ1) is 15.2. The van der Waals surface area contributed by atoms with Crippen LogP contribution in [0.3, 0.4) is 0 Å². The fourth-order valence-electron chi connectivity index (χ4n) is 2.47. The summed E-state index contributed by atoms with van der Waals surface area (Å²) in [5.74, 6) is -3.65. The lowest BCUT2D eigenvalue weighted by Crippen LogP contribution is -2.16. The topological polar surface area (TPSA) is 133 Å². The minimum Gasteiger partial charge on any atom is -0.478 e. The third-order valence-electron chi connectivity index (χ3n) is 4.10. The van der Waals surface area contributed by atoms with Crippen molar-refractivity contribution in [2.45, 2.75) is 0 Å². The highest BCUT2D eigenvalue weighted by atomic mass is 16.4. The Balaban J connectivity index is 2.11. The molecule has 8 heteroatoms. The summed E-state index contributed by atoms with van der Waals surface area (Å²) in [6.07, 6.45) is 8.16. The quantitative estimate of drug-likeness (QED) is 0.348. The van der Waals surface area contributed by atoms with Gasteiger partial charge in [0.15, 0.2) is 0 Å². The number of anilines is 2. The highest BCUT2D eigenvalue weighted by molar-refractivity contribution is 6.09. The summed E-state index contributed by atoms with van der Waals surface area (Å²) in [5, 5.41) is 23.4. The van der Waals surface area contributed by atoms with Gasteiger partial charge in [-0.15, -0.1) is 0 Å². The Hall–Kier alpha value is -4.72. The predicted octanol–water partition coefficient (Wildman–Crippen LogP) is 4.13. The fraction of sp³-hybridized carbons (Fsp3) is 0. The standard InChI is InChI=1S/C24H20N2O6/c1-3-4-5-6-7-15(2)21(27)25-18-11-8-16(9-12-18)22(28)26-20-14-17(23(29)30)10-13-19(20)24(31)32/h3-14H,1-2H2,(H,25,27)(H,26,28)(H,29,30)(H,31,32)/b5-4-,7-6-.